The van der Waals surface area contributed by atoms with Crippen molar-refractivity contribution in [3.8, 4) is 5.75 Å². The highest BCUT2D eigenvalue weighted by Gasteiger charge is 2.27. The Balaban J connectivity index is 2.10. The molecule has 2 aromatic carbocycles. The number of aromatic carboxylic acids is 1. The third-order valence-electron chi connectivity index (χ3n) is 5.12. The maximum atomic E-state index is 14.1. The molecule has 0 bridgehead atoms. The molecule has 4 rings (SSSR count). The number of rotatable bonds is 5. The van der Waals surface area contributed by atoms with Gasteiger partial charge in [0.25, 0.3) is 5.56 Å². The molecule has 0 aliphatic carbocycles. The minimum atomic E-state index is -1.29. The van der Waals surface area contributed by atoms with Crippen LogP contribution in [0.5, 0.6) is 5.75 Å². The number of fused-ring (bicyclic) bond motifs is 3. The van der Waals surface area contributed by atoms with Crippen LogP contribution in [0.3, 0.4) is 0 Å². The van der Waals surface area contributed by atoms with Gasteiger partial charge in [-0.1, -0.05) is 30.3 Å². The Bertz CT molecular complexity index is 1390. The number of Topliss-reactive ketones (excluding diaryl/α,β-unsaturated/α-hetero) is 1. The summed E-state index contributed by atoms with van der Waals surface area (Å²) >= 11 is 0. The Kier molecular flexibility index (Phi) is 4.62. The van der Waals surface area contributed by atoms with Gasteiger partial charge in [-0.2, -0.15) is 0 Å². The number of carbonyl (C=O) groups is 2. The van der Waals surface area contributed by atoms with Crippen LogP contribution in [0.2, 0.25) is 0 Å². The van der Waals surface area contributed by atoms with Crippen molar-refractivity contribution in [3.63, 3.8) is 0 Å². The number of carboxylic acids is 1. The summed E-state index contributed by atoms with van der Waals surface area (Å²) in [6, 6.07) is 12.3. The molecule has 0 aliphatic rings. The van der Waals surface area contributed by atoms with Gasteiger partial charge in [-0.15, -0.1) is 0 Å². The normalized spacial score (nSPS) is 11.2. The first kappa shape index (κ1) is 19.4. The molecule has 0 atom stereocenters. The van der Waals surface area contributed by atoms with Crippen LogP contribution in [0.15, 0.2) is 53.3 Å². The average molecular weight is 408 g/mol. The lowest BCUT2D eigenvalue weighted by Crippen LogP contribution is -2.25. The maximum absolute atomic E-state index is 14.1. The van der Waals surface area contributed by atoms with Gasteiger partial charge in [0.2, 0.25) is 0 Å². The molecule has 2 aromatic heterocycles. The second-order valence-electron chi connectivity index (χ2n) is 6.81. The Morgan fingerprint density at radius 1 is 1.13 bits per heavy atom. The molecule has 0 aliphatic heterocycles. The number of hydrogen-bond acceptors (Lipinski definition) is 4. The number of benzene rings is 2. The molecule has 0 radical (unpaired) electrons. The minimum Gasteiger partial charge on any atom is -0.493 e. The highest BCUT2D eigenvalue weighted by Crippen LogP contribution is 2.34. The number of carboxylic acid groups (broad SMARTS) is 1. The molecule has 152 valence electrons. The van der Waals surface area contributed by atoms with Crippen molar-refractivity contribution in [1.82, 2.24) is 9.13 Å². The molecule has 1 N–H and O–H groups in total. The second-order valence-corrected chi connectivity index (χ2v) is 6.81. The maximum Gasteiger partial charge on any atom is 0.356 e. The third kappa shape index (κ3) is 2.85. The Morgan fingerprint density at radius 2 is 1.83 bits per heavy atom. The third-order valence-corrected chi connectivity index (χ3v) is 5.12. The van der Waals surface area contributed by atoms with Gasteiger partial charge in [0.05, 0.1) is 24.7 Å². The fourth-order valence-electron chi connectivity index (χ4n) is 3.80. The molecule has 0 unspecified atom stereocenters. The summed E-state index contributed by atoms with van der Waals surface area (Å²) < 4.78 is 21.9. The predicted octanol–water partition coefficient (Wildman–Crippen LogP) is 3.22. The predicted molar refractivity (Wildman–Crippen MR) is 109 cm³/mol. The van der Waals surface area contributed by atoms with Crippen molar-refractivity contribution in [3.05, 3.63) is 76.0 Å². The van der Waals surface area contributed by atoms with Gasteiger partial charge in [-0.25, -0.2) is 9.18 Å². The van der Waals surface area contributed by atoms with Gasteiger partial charge in [-0.3, -0.25) is 14.2 Å². The van der Waals surface area contributed by atoms with Gasteiger partial charge >= 0.3 is 5.97 Å². The number of pyridine rings is 1. The molecular formula is C22H17FN2O5. The second kappa shape index (κ2) is 7.14. The molecule has 2 heterocycles. The van der Waals surface area contributed by atoms with Crippen LogP contribution in [-0.2, 0) is 13.6 Å². The summed E-state index contributed by atoms with van der Waals surface area (Å²) in [6.45, 7) is -0.290. The van der Waals surface area contributed by atoms with E-state index in [0.29, 0.717) is 16.5 Å². The summed E-state index contributed by atoms with van der Waals surface area (Å²) in [5, 5.41) is 9.91. The van der Waals surface area contributed by atoms with E-state index in [2.05, 4.69) is 0 Å². The largest absolute Gasteiger partial charge is 0.493 e. The highest BCUT2D eigenvalue weighted by atomic mass is 19.1. The zero-order valence-corrected chi connectivity index (χ0v) is 16.2. The first-order chi connectivity index (χ1) is 14.3. The van der Waals surface area contributed by atoms with E-state index in [0.717, 1.165) is 0 Å². The number of hydrogen-bond donors (Lipinski definition) is 1. The van der Waals surface area contributed by atoms with E-state index in [-0.39, 0.29) is 34.7 Å². The van der Waals surface area contributed by atoms with E-state index in [9.17, 15) is 23.9 Å². The number of ether oxygens (including phenoxy) is 1. The molecule has 0 fully saturated rings. The van der Waals surface area contributed by atoms with Crippen molar-refractivity contribution in [2.24, 2.45) is 7.05 Å². The van der Waals surface area contributed by atoms with Crippen molar-refractivity contribution >= 4 is 33.6 Å². The zero-order valence-electron chi connectivity index (χ0n) is 16.2. The first-order valence-corrected chi connectivity index (χ1v) is 9.05. The molecule has 0 saturated heterocycles. The number of methoxy groups -OCH3 is 1. The van der Waals surface area contributed by atoms with E-state index in [1.54, 1.807) is 30.3 Å². The SMILES string of the molecule is COc1c(C(=O)O)n(C)c2c1c(=O)n(CC(=O)c1ccccc1)c1ccc(F)cc21. The Labute approximate surface area is 169 Å². The monoisotopic (exact) mass is 408 g/mol. The van der Waals surface area contributed by atoms with Crippen LogP contribution in [0.1, 0.15) is 20.8 Å². The average Bonchev–Trinajstić information content (AvgIpc) is 3.04. The molecule has 0 saturated carbocycles. The van der Waals surface area contributed by atoms with Gasteiger partial charge < -0.3 is 14.4 Å². The quantitative estimate of drug-likeness (QED) is 0.512. The number of aromatic nitrogens is 2. The summed E-state index contributed by atoms with van der Waals surface area (Å²) in [7, 11) is 2.73. The lowest BCUT2D eigenvalue weighted by atomic mass is 10.1. The van der Waals surface area contributed by atoms with Gasteiger partial charge in [0.1, 0.15) is 11.2 Å². The van der Waals surface area contributed by atoms with E-state index >= 15 is 0 Å². The summed E-state index contributed by atoms with van der Waals surface area (Å²) in [5.41, 5.74) is 0.146. The Morgan fingerprint density at radius 3 is 2.47 bits per heavy atom. The topological polar surface area (TPSA) is 90.5 Å². The van der Waals surface area contributed by atoms with Crippen molar-refractivity contribution in [1.29, 1.82) is 0 Å². The van der Waals surface area contributed by atoms with Crippen LogP contribution in [0.25, 0.3) is 21.8 Å². The van der Waals surface area contributed by atoms with Crippen LogP contribution in [-0.4, -0.2) is 33.1 Å². The molecule has 4 aromatic rings. The molecule has 8 heteroatoms. The van der Waals surface area contributed by atoms with Gasteiger partial charge in [-0.05, 0) is 18.2 Å². The molecule has 30 heavy (non-hydrogen) atoms. The van der Waals surface area contributed by atoms with Crippen molar-refractivity contribution in [2.75, 3.05) is 7.11 Å². The molecule has 0 amide bonds. The van der Waals surface area contributed by atoms with Crippen LogP contribution < -0.4 is 10.3 Å². The van der Waals surface area contributed by atoms with Crippen molar-refractivity contribution in [2.45, 2.75) is 6.54 Å². The van der Waals surface area contributed by atoms with E-state index in [4.69, 9.17) is 4.74 Å². The number of aryl methyl sites for hydroxylation is 1. The van der Waals surface area contributed by atoms with Gasteiger partial charge in [0, 0.05) is 18.0 Å². The van der Waals surface area contributed by atoms with E-state index in [1.165, 1.54) is 41.5 Å². The fraction of sp³-hybridized carbons (Fsp3) is 0.136. The number of ketones is 1. The standard InChI is InChI=1S/C22H17FN2O5/c1-24-18-14-10-13(23)8-9-15(14)25(11-16(26)12-6-4-3-5-7-12)21(27)17(18)20(30-2)19(24)22(28)29/h3-10H,11H2,1-2H3,(H,28,29). The first-order valence-electron chi connectivity index (χ1n) is 9.05. The van der Waals surface area contributed by atoms with E-state index in [1.807, 2.05) is 0 Å². The van der Waals surface area contributed by atoms with Crippen LogP contribution >= 0.6 is 0 Å². The molecule has 0 spiro atoms. The lowest BCUT2D eigenvalue weighted by Gasteiger charge is -2.12. The van der Waals surface area contributed by atoms with Crippen LogP contribution in [0.4, 0.5) is 4.39 Å². The number of nitrogens with zero attached hydrogens (tertiary/aromatic N) is 2. The molecular weight excluding hydrogens is 391 g/mol. The minimum absolute atomic E-state index is 0.0173. The highest BCUT2D eigenvalue weighted by molar-refractivity contribution is 6.11. The van der Waals surface area contributed by atoms with Crippen molar-refractivity contribution < 1.29 is 23.8 Å². The van der Waals surface area contributed by atoms with E-state index < -0.39 is 17.3 Å². The number of halogens is 1. The smallest absolute Gasteiger partial charge is 0.356 e. The summed E-state index contributed by atoms with van der Waals surface area (Å²) in [6.07, 6.45) is 0. The summed E-state index contributed by atoms with van der Waals surface area (Å²) in [5.74, 6) is -2.28. The van der Waals surface area contributed by atoms with Gasteiger partial charge in [0.15, 0.2) is 17.2 Å². The zero-order chi connectivity index (χ0) is 21.6. The summed E-state index contributed by atoms with van der Waals surface area (Å²) in [4.78, 5) is 38.0. The molecule has 7 nitrogen and oxygen atoms in total. The lowest BCUT2D eigenvalue weighted by molar-refractivity contribution is 0.0683. The fourth-order valence-corrected chi connectivity index (χ4v) is 3.80. The number of carbonyl (C=O) groups excluding carboxylic acids is 1. The Hall–Kier alpha value is -3.94. The van der Waals surface area contributed by atoms with Crippen LogP contribution in [0, 0.1) is 5.82 Å².